The van der Waals surface area contributed by atoms with Crippen LogP contribution in [0, 0.1) is 0 Å². The molecule has 3 N–H and O–H groups in total. The van der Waals surface area contributed by atoms with Gasteiger partial charge in [0.15, 0.2) is 0 Å². The number of thiazole rings is 1. The monoisotopic (exact) mass is 283 g/mol. The van der Waals surface area contributed by atoms with Crippen molar-refractivity contribution in [1.82, 2.24) is 15.2 Å². The molecule has 0 aliphatic rings. The third-order valence-corrected chi connectivity index (χ3v) is 4.12. The maximum absolute atomic E-state index is 11.9. The number of amides is 1. The van der Waals surface area contributed by atoms with Crippen molar-refractivity contribution < 1.29 is 4.79 Å². The second-order valence-electron chi connectivity index (χ2n) is 3.88. The van der Waals surface area contributed by atoms with Gasteiger partial charge in [0.05, 0.1) is 0 Å². The minimum absolute atomic E-state index is 0.280. The van der Waals surface area contributed by atoms with Crippen LogP contribution in [0.15, 0.2) is 5.38 Å². The highest BCUT2D eigenvalue weighted by Crippen LogP contribution is 2.22. The van der Waals surface area contributed by atoms with E-state index >= 15 is 0 Å². The Hall–Kier alpha value is -1.38. The highest BCUT2D eigenvalue weighted by Gasteiger charge is 2.14. The van der Waals surface area contributed by atoms with Crippen molar-refractivity contribution in [2.24, 2.45) is 5.73 Å². The fourth-order valence-corrected chi connectivity index (χ4v) is 2.58. The fraction of sp³-hybridized carbons (Fsp3) is 0.400. The van der Waals surface area contributed by atoms with Crippen LogP contribution in [0.25, 0.3) is 0 Å². The number of carbonyl (C=O) groups is 1. The molecule has 1 amide bonds. The number of nitrogens with zero attached hydrogens (tertiary/aromatic N) is 3. The van der Waals surface area contributed by atoms with Crippen LogP contribution in [0.2, 0.25) is 0 Å². The lowest BCUT2D eigenvalue weighted by molar-refractivity contribution is 0.102. The molecule has 0 aromatic carbocycles. The summed E-state index contributed by atoms with van der Waals surface area (Å²) in [7, 11) is 0. The summed E-state index contributed by atoms with van der Waals surface area (Å²) in [4.78, 5) is 16.0. The highest BCUT2D eigenvalue weighted by molar-refractivity contribution is 7.15. The molecule has 0 saturated carbocycles. The van der Waals surface area contributed by atoms with Crippen LogP contribution in [-0.2, 0) is 6.54 Å². The number of nitrogens with one attached hydrogen (secondary N) is 1. The Morgan fingerprint density at radius 1 is 1.50 bits per heavy atom. The topological polar surface area (TPSA) is 93.8 Å². The van der Waals surface area contributed by atoms with E-state index in [1.807, 2.05) is 13.8 Å². The van der Waals surface area contributed by atoms with Crippen molar-refractivity contribution in [1.29, 1.82) is 0 Å². The largest absolute Gasteiger partial charge is 0.325 e. The third kappa shape index (κ3) is 2.89. The Bertz CT molecular complexity index is 548. The summed E-state index contributed by atoms with van der Waals surface area (Å²) < 4.78 is 0. The number of hydrogen-bond donors (Lipinski definition) is 2. The van der Waals surface area contributed by atoms with Crippen molar-refractivity contribution in [3.63, 3.8) is 0 Å². The van der Waals surface area contributed by atoms with Crippen LogP contribution >= 0.6 is 22.7 Å². The van der Waals surface area contributed by atoms with Crippen LogP contribution in [0.4, 0.5) is 5.13 Å². The Kier molecular flexibility index (Phi) is 4.00. The van der Waals surface area contributed by atoms with Gasteiger partial charge in [0.2, 0.25) is 5.13 Å². The number of anilines is 1. The Morgan fingerprint density at radius 2 is 2.28 bits per heavy atom. The average Bonchev–Trinajstić information content (AvgIpc) is 2.96. The van der Waals surface area contributed by atoms with E-state index in [9.17, 15) is 4.79 Å². The van der Waals surface area contributed by atoms with Crippen molar-refractivity contribution in [3.8, 4) is 0 Å². The molecule has 6 nitrogen and oxygen atoms in total. The number of carbonyl (C=O) groups excluding carboxylic acids is 1. The second-order valence-corrected chi connectivity index (χ2v) is 5.84. The van der Waals surface area contributed by atoms with Crippen LogP contribution < -0.4 is 11.1 Å². The molecular weight excluding hydrogens is 270 g/mol. The molecule has 96 valence electrons. The maximum Gasteiger partial charge on any atom is 0.276 e. The third-order valence-electron chi connectivity index (χ3n) is 2.11. The van der Waals surface area contributed by atoms with E-state index < -0.39 is 0 Å². The van der Waals surface area contributed by atoms with Crippen molar-refractivity contribution in [3.05, 3.63) is 21.1 Å². The lowest BCUT2D eigenvalue weighted by atomic mass is 10.2. The SMILES string of the molecule is CC(C)c1nnc(NC(=O)c2csc(CN)n2)s1. The van der Waals surface area contributed by atoms with E-state index in [4.69, 9.17) is 5.73 Å². The van der Waals surface area contributed by atoms with E-state index in [1.165, 1.54) is 22.7 Å². The van der Waals surface area contributed by atoms with Crippen molar-refractivity contribution in [2.45, 2.75) is 26.3 Å². The van der Waals surface area contributed by atoms with Gasteiger partial charge in [0, 0.05) is 17.8 Å². The molecule has 2 rings (SSSR count). The van der Waals surface area contributed by atoms with Gasteiger partial charge in [-0.3, -0.25) is 10.1 Å². The van der Waals surface area contributed by atoms with E-state index in [0.717, 1.165) is 10.0 Å². The number of nitrogens with two attached hydrogens (primary N) is 1. The van der Waals surface area contributed by atoms with Crippen LogP contribution in [0.5, 0.6) is 0 Å². The lowest BCUT2D eigenvalue weighted by Gasteiger charge is -1.97. The van der Waals surface area contributed by atoms with Gasteiger partial charge < -0.3 is 5.73 Å². The van der Waals surface area contributed by atoms with Crippen LogP contribution in [-0.4, -0.2) is 21.1 Å². The first-order chi connectivity index (χ1) is 8.60. The lowest BCUT2D eigenvalue weighted by Crippen LogP contribution is -2.12. The fourth-order valence-electron chi connectivity index (χ4n) is 1.19. The zero-order valence-electron chi connectivity index (χ0n) is 10.0. The van der Waals surface area contributed by atoms with Gasteiger partial charge in [-0.1, -0.05) is 25.2 Å². The van der Waals surface area contributed by atoms with Crippen molar-refractivity contribution in [2.75, 3.05) is 5.32 Å². The zero-order chi connectivity index (χ0) is 13.1. The first-order valence-electron chi connectivity index (χ1n) is 5.39. The number of rotatable bonds is 4. The minimum Gasteiger partial charge on any atom is -0.325 e. The summed E-state index contributed by atoms with van der Waals surface area (Å²) in [5, 5.41) is 14.4. The van der Waals surface area contributed by atoms with Gasteiger partial charge in [-0.25, -0.2) is 4.98 Å². The molecule has 0 atom stereocenters. The van der Waals surface area contributed by atoms with Gasteiger partial charge in [0.1, 0.15) is 15.7 Å². The first-order valence-corrected chi connectivity index (χ1v) is 7.09. The molecule has 0 saturated heterocycles. The molecule has 2 aromatic rings. The molecule has 0 aliphatic carbocycles. The van der Waals surface area contributed by atoms with Crippen LogP contribution in [0.1, 0.15) is 40.3 Å². The molecular formula is C10H13N5OS2. The summed E-state index contributed by atoms with van der Waals surface area (Å²) in [6.45, 7) is 4.40. The van der Waals surface area contributed by atoms with Gasteiger partial charge in [-0.2, -0.15) is 0 Å². The second kappa shape index (κ2) is 5.51. The van der Waals surface area contributed by atoms with Crippen LogP contribution in [0.3, 0.4) is 0 Å². The normalized spacial score (nSPS) is 10.9. The van der Waals surface area contributed by atoms with Gasteiger partial charge in [-0.15, -0.1) is 21.5 Å². The van der Waals surface area contributed by atoms with E-state index in [0.29, 0.717) is 23.3 Å². The van der Waals surface area contributed by atoms with E-state index in [1.54, 1.807) is 5.38 Å². The standard InChI is InChI=1S/C10H13N5OS2/c1-5(2)9-14-15-10(18-9)13-8(16)6-4-17-7(3-11)12-6/h4-5H,3,11H2,1-2H3,(H,13,15,16). The predicted molar refractivity (Wildman–Crippen MR) is 72.0 cm³/mol. The first kappa shape index (κ1) is 13.1. The quantitative estimate of drug-likeness (QED) is 0.892. The molecule has 2 aromatic heterocycles. The zero-order valence-corrected chi connectivity index (χ0v) is 11.6. The molecule has 0 spiro atoms. The predicted octanol–water partition coefficient (Wildman–Crippen LogP) is 1.83. The molecule has 8 heteroatoms. The summed E-state index contributed by atoms with van der Waals surface area (Å²) >= 11 is 2.74. The summed E-state index contributed by atoms with van der Waals surface area (Å²) in [6, 6.07) is 0. The summed E-state index contributed by atoms with van der Waals surface area (Å²) in [5.74, 6) is 0.0219. The highest BCUT2D eigenvalue weighted by atomic mass is 32.1. The smallest absolute Gasteiger partial charge is 0.276 e. The summed E-state index contributed by atoms with van der Waals surface area (Å²) in [5.41, 5.74) is 5.81. The Morgan fingerprint density at radius 3 is 2.83 bits per heavy atom. The minimum atomic E-state index is -0.280. The molecule has 0 fully saturated rings. The molecule has 2 heterocycles. The van der Waals surface area contributed by atoms with E-state index in [-0.39, 0.29) is 5.91 Å². The summed E-state index contributed by atoms with van der Waals surface area (Å²) in [6.07, 6.45) is 0. The number of hydrogen-bond acceptors (Lipinski definition) is 7. The molecule has 18 heavy (non-hydrogen) atoms. The Labute approximate surface area is 112 Å². The Balaban J connectivity index is 2.06. The van der Waals surface area contributed by atoms with Gasteiger partial charge in [0.25, 0.3) is 5.91 Å². The van der Waals surface area contributed by atoms with Gasteiger partial charge >= 0.3 is 0 Å². The molecule has 0 radical (unpaired) electrons. The number of aromatic nitrogens is 3. The van der Waals surface area contributed by atoms with E-state index in [2.05, 4.69) is 20.5 Å². The van der Waals surface area contributed by atoms with Crippen molar-refractivity contribution >= 4 is 33.7 Å². The molecule has 0 aliphatic heterocycles. The maximum atomic E-state index is 11.9. The molecule has 0 unspecified atom stereocenters. The van der Waals surface area contributed by atoms with Gasteiger partial charge in [-0.05, 0) is 0 Å². The molecule has 0 bridgehead atoms. The average molecular weight is 283 g/mol.